The summed E-state index contributed by atoms with van der Waals surface area (Å²) in [6.45, 7) is 10.5. The van der Waals surface area contributed by atoms with Gasteiger partial charge in [0.05, 0.1) is 38.7 Å². The Labute approximate surface area is 224 Å². The molecule has 0 aliphatic carbocycles. The lowest BCUT2D eigenvalue weighted by Crippen LogP contribution is -2.30. The van der Waals surface area contributed by atoms with Gasteiger partial charge in [-0.2, -0.15) is 0 Å². The van der Waals surface area contributed by atoms with Crippen LogP contribution in [0.5, 0.6) is 0 Å². The number of benzene rings is 1. The van der Waals surface area contributed by atoms with Gasteiger partial charge in [0.25, 0.3) is 11.8 Å². The van der Waals surface area contributed by atoms with Gasteiger partial charge in [0, 0.05) is 23.4 Å². The Bertz CT molecular complexity index is 1480. The van der Waals surface area contributed by atoms with Crippen molar-refractivity contribution < 1.29 is 19.1 Å². The highest BCUT2D eigenvalue weighted by Crippen LogP contribution is 2.36. The van der Waals surface area contributed by atoms with E-state index < -0.39 is 5.97 Å². The topological polar surface area (TPSA) is 88.6 Å². The fourth-order valence-electron chi connectivity index (χ4n) is 4.14. The molecule has 192 valence electrons. The Hall–Kier alpha value is -3.56. The van der Waals surface area contributed by atoms with Crippen molar-refractivity contribution in [3.63, 3.8) is 0 Å². The lowest BCUT2D eigenvalue weighted by molar-refractivity contribution is 0.0527. The van der Waals surface area contributed by atoms with E-state index in [1.54, 1.807) is 36.2 Å². The van der Waals surface area contributed by atoms with E-state index in [2.05, 4.69) is 5.32 Å². The standard InChI is InChI=1S/C28H29N3O4S2/c1-6-31(7-2)27(33)24-17(5)23(28(34)35-8-3)26(37-24)30-25(32)19-15-21(22-14-13-16(4)36-22)29-20-12-10-9-11-18(19)20/h9-15H,6-8H2,1-5H3,(H,30,32). The maximum atomic E-state index is 13.7. The van der Waals surface area contributed by atoms with Crippen molar-refractivity contribution in [1.29, 1.82) is 0 Å². The largest absolute Gasteiger partial charge is 0.462 e. The number of pyridine rings is 1. The molecule has 7 nitrogen and oxygen atoms in total. The van der Waals surface area contributed by atoms with Gasteiger partial charge in [-0.15, -0.1) is 22.7 Å². The number of ether oxygens (including phenoxy) is 1. The number of nitrogens with one attached hydrogen (secondary N) is 1. The molecule has 0 unspecified atom stereocenters. The van der Waals surface area contributed by atoms with E-state index in [-0.39, 0.29) is 24.0 Å². The number of para-hydroxylation sites is 1. The first kappa shape index (κ1) is 26.5. The van der Waals surface area contributed by atoms with Crippen molar-refractivity contribution >= 4 is 56.4 Å². The van der Waals surface area contributed by atoms with Crippen LogP contribution in [0, 0.1) is 13.8 Å². The number of carbonyl (C=O) groups excluding carboxylic acids is 3. The minimum Gasteiger partial charge on any atom is -0.462 e. The van der Waals surface area contributed by atoms with Gasteiger partial charge in [0.15, 0.2) is 0 Å². The number of rotatable bonds is 8. The first-order chi connectivity index (χ1) is 17.8. The zero-order valence-electron chi connectivity index (χ0n) is 21.5. The predicted molar refractivity (Wildman–Crippen MR) is 150 cm³/mol. The molecule has 0 fully saturated rings. The fraction of sp³-hybridized carbons (Fsp3) is 0.286. The maximum absolute atomic E-state index is 13.7. The van der Waals surface area contributed by atoms with E-state index in [0.717, 1.165) is 21.1 Å². The second kappa shape index (κ2) is 11.2. The van der Waals surface area contributed by atoms with Gasteiger partial charge in [0.2, 0.25) is 0 Å². The highest BCUT2D eigenvalue weighted by molar-refractivity contribution is 7.18. The highest BCUT2D eigenvalue weighted by Gasteiger charge is 2.29. The molecule has 9 heteroatoms. The molecular formula is C28H29N3O4S2. The number of amides is 2. The molecule has 3 heterocycles. The third kappa shape index (κ3) is 5.28. The Balaban J connectivity index is 1.80. The zero-order valence-corrected chi connectivity index (χ0v) is 23.1. The Kier molecular flexibility index (Phi) is 8.04. The van der Waals surface area contributed by atoms with Crippen LogP contribution in [0.3, 0.4) is 0 Å². The van der Waals surface area contributed by atoms with Crippen LogP contribution in [-0.2, 0) is 4.74 Å². The van der Waals surface area contributed by atoms with Crippen LogP contribution in [-0.4, -0.2) is 47.4 Å². The summed E-state index contributed by atoms with van der Waals surface area (Å²) in [6, 6.07) is 13.2. The Morgan fingerprint density at radius 3 is 2.38 bits per heavy atom. The summed E-state index contributed by atoms with van der Waals surface area (Å²) in [6.07, 6.45) is 0. The van der Waals surface area contributed by atoms with Crippen molar-refractivity contribution in [1.82, 2.24) is 9.88 Å². The van der Waals surface area contributed by atoms with E-state index in [0.29, 0.717) is 50.7 Å². The molecule has 0 saturated heterocycles. The molecule has 4 rings (SSSR count). The molecule has 3 aromatic heterocycles. The third-order valence-corrected chi connectivity index (χ3v) is 8.27. The molecule has 0 spiro atoms. The Morgan fingerprint density at radius 2 is 1.73 bits per heavy atom. The Morgan fingerprint density at radius 1 is 1.00 bits per heavy atom. The van der Waals surface area contributed by atoms with Crippen molar-refractivity contribution in [3.8, 4) is 10.6 Å². The SMILES string of the molecule is CCOC(=O)c1c(NC(=O)c2cc(-c3ccc(C)s3)nc3ccccc23)sc(C(=O)N(CC)CC)c1C. The monoisotopic (exact) mass is 535 g/mol. The second-order valence-electron chi connectivity index (χ2n) is 8.39. The van der Waals surface area contributed by atoms with Crippen molar-refractivity contribution in [2.75, 3.05) is 25.0 Å². The third-order valence-electron chi connectivity index (χ3n) is 6.05. The van der Waals surface area contributed by atoms with Crippen LogP contribution in [0.25, 0.3) is 21.5 Å². The number of aryl methyl sites for hydroxylation is 1. The smallest absolute Gasteiger partial charge is 0.341 e. The normalized spacial score (nSPS) is 10.9. The van der Waals surface area contributed by atoms with Gasteiger partial charge in [0.1, 0.15) is 5.00 Å². The van der Waals surface area contributed by atoms with E-state index in [4.69, 9.17) is 9.72 Å². The van der Waals surface area contributed by atoms with Gasteiger partial charge in [-0.25, -0.2) is 9.78 Å². The van der Waals surface area contributed by atoms with E-state index in [1.807, 2.05) is 57.2 Å². The number of esters is 1. The molecule has 0 atom stereocenters. The van der Waals surface area contributed by atoms with E-state index in [9.17, 15) is 14.4 Å². The van der Waals surface area contributed by atoms with Crippen LogP contribution in [0.1, 0.15) is 61.6 Å². The lowest BCUT2D eigenvalue weighted by atomic mass is 10.1. The summed E-state index contributed by atoms with van der Waals surface area (Å²) in [7, 11) is 0. The number of fused-ring (bicyclic) bond motifs is 1. The molecular weight excluding hydrogens is 506 g/mol. The molecule has 0 radical (unpaired) electrons. The van der Waals surface area contributed by atoms with Crippen LogP contribution in [0.4, 0.5) is 5.00 Å². The van der Waals surface area contributed by atoms with Crippen LogP contribution in [0.2, 0.25) is 0 Å². The maximum Gasteiger partial charge on any atom is 0.341 e. The predicted octanol–water partition coefficient (Wildman–Crippen LogP) is 6.55. The number of hydrogen-bond acceptors (Lipinski definition) is 7. The molecule has 4 aromatic rings. The lowest BCUT2D eigenvalue weighted by Gasteiger charge is -2.18. The number of thiophene rings is 2. The zero-order chi connectivity index (χ0) is 26.7. The minimum absolute atomic E-state index is 0.178. The molecule has 0 aliphatic rings. The average molecular weight is 536 g/mol. The van der Waals surface area contributed by atoms with E-state index in [1.165, 1.54) is 0 Å². The van der Waals surface area contributed by atoms with Gasteiger partial charge < -0.3 is 15.0 Å². The highest BCUT2D eigenvalue weighted by atomic mass is 32.1. The quantitative estimate of drug-likeness (QED) is 0.258. The van der Waals surface area contributed by atoms with Crippen LogP contribution >= 0.6 is 22.7 Å². The van der Waals surface area contributed by atoms with Crippen LogP contribution in [0.15, 0.2) is 42.5 Å². The number of carbonyl (C=O) groups is 3. The molecule has 0 saturated carbocycles. The van der Waals surface area contributed by atoms with Crippen molar-refractivity contribution in [2.24, 2.45) is 0 Å². The first-order valence-corrected chi connectivity index (χ1v) is 13.8. The molecule has 1 aromatic carbocycles. The summed E-state index contributed by atoms with van der Waals surface area (Å²) >= 11 is 2.71. The van der Waals surface area contributed by atoms with Crippen molar-refractivity contribution in [3.05, 3.63) is 68.9 Å². The molecule has 2 amide bonds. The van der Waals surface area contributed by atoms with Gasteiger partial charge in [-0.3, -0.25) is 9.59 Å². The van der Waals surface area contributed by atoms with Crippen LogP contribution < -0.4 is 5.32 Å². The molecule has 1 N–H and O–H groups in total. The molecule has 0 aliphatic heterocycles. The summed E-state index contributed by atoms with van der Waals surface area (Å²) < 4.78 is 5.28. The summed E-state index contributed by atoms with van der Waals surface area (Å²) in [5.41, 5.74) is 2.55. The van der Waals surface area contributed by atoms with Gasteiger partial charge >= 0.3 is 5.97 Å². The van der Waals surface area contributed by atoms with Gasteiger partial charge in [-0.1, -0.05) is 18.2 Å². The number of hydrogen-bond donors (Lipinski definition) is 1. The average Bonchev–Trinajstić information content (AvgIpc) is 3.46. The molecule has 37 heavy (non-hydrogen) atoms. The first-order valence-electron chi connectivity index (χ1n) is 12.2. The van der Waals surface area contributed by atoms with Crippen molar-refractivity contribution in [2.45, 2.75) is 34.6 Å². The minimum atomic E-state index is -0.570. The fourth-order valence-corrected chi connectivity index (χ4v) is 6.13. The number of anilines is 1. The number of nitrogens with zero attached hydrogens (tertiary/aromatic N) is 2. The number of aromatic nitrogens is 1. The van der Waals surface area contributed by atoms with E-state index >= 15 is 0 Å². The summed E-state index contributed by atoms with van der Waals surface area (Å²) in [5, 5.41) is 3.91. The summed E-state index contributed by atoms with van der Waals surface area (Å²) in [4.78, 5) is 48.8. The summed E-state index contributed by atoms with van der Waals surface area (Å²) in [5.74, 6) is -1.13. The molecule has 0 bridgehead atoms. The van der Waals surface area contributed by atoms with Gasteiger partial charge in [-0.05, 0) is 64.4 Å². The second-order valence-corrected chi connectivity index (χ2v) is 10.7.